The van der Waals surface area contributed by atoms with Crippen molar-refractivity contribution in [1.29, 1.82) is 0 Å². The Hall–Kier alpha value is -1.29. The average molecular weight is 168 g/mol. The molecule has 4 heteroatoms. The Morgan fingerprint density at radius 3 is 2.45 bits per heavy atom. The molecular weight excluding hydrogens is 162 g/mol. The quantitative estimate of drug-likeness (QED) is 0.648. The Morgan fingerprint density at radius 2 is 1.91 bits per heavy atom. The number of anilines is 1. The maximum Gasteiger partial charge on any atom is 0.573 e. The standard InChI is InChI=1S/C7H5NO2S/c9-7(11-10)8-6-4-2-1-3-5-6/h1-5H/p+1. The summed E-state index contributed by atoms with van der Waals surface area (Å²) >= 11 is -0.0804. The lowest BCUT2D eigenvalue weighted by Gasteiger charge is -1.92. The Kier molecular flexibility index (Phi) is 2.68. The van der Waals surface area contributed by atoms with Gasteiger partial charge >= 0.3 is 16.9 Å². The van der Waals surface area contributed by atoms with Crippen LogP contribution in [0.5, 0.6) is 0 Å². The lowest BCUT2D eigenvalue weighted by Crippen LogP contribution is -2.06. The number of carbonyl (C=O) groups is 1. The van der Waals surface area contributed by atoms with Crippen LogP contribution in [0.15, 0.2) is 30.3 Å². The summed E-state index contributed by atoms with van der Waals surface area (Å²) in [6, 6.07) is 8.83. The zero-order valence-corrected chi connectivity index (χ0v) is 6.43. The Morgan fingerprint density at radius 1 is 1.27 bits per heavy atom. The van der Waals surface area contributed by atoms with Crippen LogP contribution in [0.4, 0.5) is 10.5 Å². The van der Waals surface area contributed by atoms with Crippen molar-refractivity contribution in [2.24, 2.45) is 0 Å². The van der Waals surface area contributed by atoms with E-state index in [0.29, 0.717) is 5.69 Å². The fourth-order valence-corrected chi connectivity index (χ4v) is 0.820. The highest BCUT2D eigenvalue weighted by atomic mass is 32.1. The number of hydrogen-bond acceptors (Lipinski definition) is 2. The van der Waals surface area contributed by atoms with Crippen molar-refractivity contribution in [2.45, 2.75) is 0 Å². The summed E-state index contributed by atoms with van der Waals surface area (Å²) in [7, 11) is 0. The molecule has 3 nitrogen and oxygen atoms in total. The third-order valence-electron chi connectivity index (χ3n) is 1.10. The van der Waals surface area contributed by atoms with E-state index in [2.05, 4.69) is 5.32 Å². The van der Waals surface area contributed by atoms with Gasteiger partial charge < -0.3 is 0 Å². The molecule has 0 saturated heterocycles. The SMILES string of the molecule is O=[S+]C(=O)Nc1ccccc1. The number of hydrogen-bond donors (Lipinski definition) is 1. The van der Waals surface area contributed by atoms with E-state index in [-0.39, 0.29) is 11.7 Å². The fourth-order valence-electron chi connectivity index (χ4n) is 0.660. The molecule has 0 fully saturated rings. The van der Waals surface area contributed by atoms with Crippen LogP contribution in [0.2, 0.25) is 0 Å². The Labute approximate surface area is 67.9 Å². The van der Waals surface area contributed by atoms with Gasteiger partial charge in [-0.3, -0.25) is 5.32 Å². The molecule has 0 aliphatic heterocycles. The maximum absolute atomic E-state index is 10.5. The second-order valence-corrected chi connectivity index (χ2v) is 2.40. The topological polar surface area (TPSA) is 46.2 Å². The number of rotatable bonds is 1. The highest BCUT2D eigenvalue weighted by molar-refractivity contribution is 7.83. The average Bonchev–Trinajstić information content (AvgIpc) is 2.06. The summed E-state index contributed by atoms with van der Waals surface area (Å²) in [5.74, 6) is 0. The molecule has 1 amide bonds. The predicted octanol–water partition coefficient (Wildman–Crippen LogP) is 1.65. The van der Waals surface area contributed by atoms with E-state index in [9.17, 15) is 9.00 Å². The molecule has 1 N–H and O–H groups in total. The summed E-state index contributed by atoms with van der Waals surface area (Å²) in [5, 5.41) is 1.82. The van der Waals surface area contributed by atoms with Crippen LogP contribution in [0.25, 0.3) is 0 Å². The maximum atomic E-state index is 10.5. The van der Waals surface area contributed by atoms with Crippen molar-refractivity contribution >= 4 is 22.6 Å². The van der Waals surface area contributed by atoms with Gasteiger partial charge in [0, 0.05) is 5.69 Å². The molecule has 1 aromatic rings. The van der Waals surface area contributed by atoms with Crippen molar-refractivity contribution in [2.75, 3.05) is 5.32 Å². The monoisotopic (exact) mass is 168 g/mol. The zero-order chi connectivity index (χ0) is 8.10. The van der Waals surface area contributed by atoms with Gasteiger partial charge in [-0.15, -0.1) is 0 Å². The van der Waals surface area contributed by atoms with Gasteiger partial charge in [0.05, 0.1) is 4.21 Å². The van der Waals surface area contributed by atoms with Crippen LogP contribution in [0.3, 0.4) is 0 Å². The van der Waals surface area contributed by atoms with Crippen LogP contribution in [0.1, 0.15) is 0 Å². The number of para-hydroxylation sites is 1. The molecule has 0 spiro atoms. The predicted molar refractivity (Wildman–Crippen MR) is 43.5 cm³/mol. The van der Waals surface area contributed by atoms with Gasteiger partial charge in [0.1, 0.15) is 0 Å². The second kappa shape index (κ2) is 3.78. The molecule has 0 unspecified atom stereocenters. The summed E-state index contributed by atoms with van der Waals surface area (Å²) in [6.45, 7) is 0. The van der Waals surface area contributed by atoms with Crippen LogP contribution in [-0.2, 0) is 15.9 Å². The number of nitrogens with one attached hydrogen (secondary N) is 1. The van der Waals surface area contributed by atoms with E-state index in [1.165, 1.54) is 0 Å². The van der Waals surface area contributed by atoms with Gasteiger partial charge in [-0.2, -0.15) is 4.79 Å². The molecule has 0 heterocycles. The molecule has 0 saturated carbocycles. The van der Waals surface area contributed by atoms with E-state index in [0.717, 1.165) is 0 Å². The van der Waals surface area contributed by atoms with Crippen LogP contribution in [0, 0.1) is 0 Å². The van der Waals surface area contributed by atoms with Gasteiger partial charge in [-0.25, -0.2) is 0 Å². The molecular formula is C7H6NO2S+. The van der Waals surface area contributed by atoms with Crippen molar-refractivity contribution in [3.05, 3.63) is 30.3 Å². The van der Waals surface area contributed by atoms with Crippen LogP contribution in [-0.4, -0.2) is 5.24 Å². The minimum atomic E-state index is -0.587. The first-order valence-electron chi connectivity index (χ1n) is 2.99. The highest BCUT2D eigenvalue weighted by Crippen LogP contribution is 2.04. The minimum absolute atomic E-state index is 0.0804. The van der Waals surface area contributed by atoms with Gasteiger partial charge in [-0.1, -0.05) is 18.2 Å². The lowest BCUT2D eigenvalue weighted by molar-refractivity contribution is 0.269. The first kappa shape index (κ1) is 7.81. The first-order valence-corrected chi connectivity index (χ1v) is 3.73. The van der Waals surface area contributed by atoms with E-state index in [4.69, 9.17) is 0 Å². The lowest BCUT2D eigenvalue weighted by atomic mass is 10.3. The van der Waals surface area contributed by atoms with E-state index in [1.54, 1.807) is 24.3 Å². The van der Waals surface area contributed by atoms with E-state index >= 15 is 0 Å². The van der Waals surface area contributed by atoms with Crippen molar-refractivity contribution in [3.63, 3.8) is 0 Å². The first-order chi connectivity index (χ1) is 5.33. The summed E-state index contributed by atoms with van der Waals surface area (Å²) in [5.41, 5.74) is 0.640. The van der Waals surface area contributed by atoms with Crippen molar-refractivity contribution in [3.8, 4) is 0 Å². The molecule has 0 aromatic heterocycles. The zero-order valence-electron chi connectivity index (χ0n) is 5.61. The third-order valence-corrected chi connectivity index (χ3v) is 1.35. The number of carbonyl (C=O) groups excluding carboxylic acids is 1. The third kappa shape index (κ3) is 2.43. The molecule has 0 aliphatic carbocycles. The summed E-state index contributed by atoms with van der Waals surface area (Å²) in [4.78, 5) is 10.5. The molecule has 1 rings (SSSR count). The number of benzene rings is 1. The molecule has 0 atom stereocenters. The van der Waals surface area contributed by atoms with E-state index < -0.39 is 5.24 Å². The molecule has 0 aliphatic rings. The fraction of sp³-hybridized carbons (Fsp3) is 0. The summed E-state index contributed by atoms with van der Waals surface area (Å²) in [6.07, 6.45) is 0. The van der Waals surface area contributed by atoms with Gasteiger partial charge in [0.15, 0.2) is 0 Å². The Bertz CT molecular complexity index is 260. The highest BCUT2D eigenvalue weighted by Gasteiger charge is 2.14. The molecule has 0 radical (unpaired) electrons. The normalized spacial score (nSPS) is 8.73. The van der Waals surface area contributed by atoms with Crippen LogP contribution < -0.4 is 5.32 Å². The van der Waals surface area contributed by atoms with Crippen molar-refractivity contribution in [1.82, 2.24) is 0 Å². The smallest absolute Gasteiger partial charge is 0.268 e. The van der Waals surface area contributed by atoms with Gasteiger partial charge in [0.25, 0.3) is 0 Å². The second-order valence-electron chi connectivity index (χ2n) is 1.86. The Balaban J connectivity index is 2.65. The number of amides is 1. The summed E-state index contributed by atoms with van der Waals surface area (Å²) < 4.78 is 9.94. The largest absolute Gasteiger partial charge is 0.573 e. The molecule has 0 bridgehead atoms. The van der Waals surface area contributed by atoms with Crippen LogP contribution >= 0.6 is 0 Å². The molecule has 56 valence electrons. The molecule has 1 aromatic carbocycles. The minimum Gasteiger partial charge on any atom is -0.268 e. The van der Waals surface area contributed by atoms with E-state index in [1.807, 2.05) is 6.07 Å². The van der Waals surface area contributed by atoms with Gasteiger partial charge in [0.2, 0.25) is 0 Å². The van der Waals surface area contributed by atoms with Gasteiger partial charge in [-0.05, 0) is 12.1 Å². The molecule has 11 heavy (non-hydrogen) atoms. The van der Waals surface area contributed by atoms with Crippen molar-refractivity contribution < 1.29 is 9.00 Å².